The number of hydrogen-bond acceptors (Lipinski definition) is 9. The van der Waals surface area contributed by atoms with Gasteiger partial charge in [0.1, 0.15) is 23.0 Å². The van der Waals surface area contributed by atoms with E-state index >= 15 is 0 Å². The smallest absolute Gasteiger partial charge is 0.290 e. The molecule has 294 valence electrons. The first kappa shape index (κ1) is 38.7. The van der Waals surface area contributed by atoms with E-state index in [-0.39, 0.29) is 54.9 Å². The number of carbonyl (C=O) groups is 2. The van der Waals surface area contributed by atoms with Crippen molar-refractivity contribution in [1.29, 1.82) is 0 Å². The van der Waals surface area contributed by atoms with Crippen molar-refractivity contribution in [3.8, 4) is 11.5 Å². The summed E-state index contributed by atoms with van der Waals surface area (Å²) in [6, 6.07) is 33.9. The predicted molar refractivity (Wildman–Crippen MR) is 217 cm³/mol. The molecule has 0 atom stereocenters. The Kier molecular flexibility index (Phi) is 12.0. The van der Waals surface area contributed by atoms with Gasteiger partial charge in [-0.2, -0.15) is 0 Å². The number of aromatic amines is 2. The lowest BCUT2D eigenvalue weighted by molar-refractivity contribution is 0.0683. The second-order valence-electron chi connectivity index (χ2n) is 13.2. The van der Waals surface area contributed by atoms with E-state index in [1.54, 1.807) is 91.3 Å². The summed E-state index contributed by atoms with van der Waals surface area (Å²) in [4.78, 5) is 60.2. The molecule has 58 heavy (non-hydrogen) atoms. The van der Waals surface area contributed by atoms with Crippen molar-refractivity contribution in [3.63, 3.8) is 0 Å². The number of benzene rings is 3. The normalized spacial score (nSPS) is 10.9. The predicted octanol–water partition coefficient (Wildman–Crippen LogP) is 7.93. The maximum Gasteiger partial charge on any atom is 0.290 e. The molecule has 0 saturated carbocycles. The van der Waals surface area contributed by atoms with Gasteiger partial charge in [0.25, 0.3) is 22.9 Å². The summed E-state index contributed by atoms with van der Waals surface area (Å²) < 4.78 is 26.8. The molecule has 0 bridgehead atoms. The van der Waals surface area contributed by atoms with Gasteiger partial charge in [0.15, 0.2) is 5.76 Å². The summed E-state index contributed by atoms with van der Waals surface area (Å²) >= 11 is 0. The summed E-state index contributed by atoms with van der Waals surface area (Å²) in [5.41, 5.74) is 2.41. The van der Waals surface area contributed by atoms with Crippen molar-refractivity contribution in [2.75, 3.05) is 13.7 Å². The SMILES string of the molecule is CCOc1ccc2[nH]c(=O)c(CN(Cc3ccco3)C(=O)c3ccco3)cc2c1.COc1ccc2cc(CN(Cc3ccco3)C(=O)c3ccccc3)c(=O)[nH]c2c1. The highest BCUT2D eigenvalue weighted by Gasteiger charge is 2.22. The minimum absolute atomic E-state index is 0.102. The Labute approximate surface area is 332 Å². The number of pyridine rings is 2. The molecule has 13 nitrogen and oxygen atoms in total. The maximum absolute atomic E-state index is 13.1. The molecule has 8 aromatic rings. The molecule has 0 radical (unpaired) electrons. The number of aromatic nitrogens is 2. The van der Waals surface area contributed by atoms with E-state index in [1.165, 1.54) is 11.2 Å². The summed E-state index contributed by atoms with van der Waals surface area (Å²) in [6.07, 6.45) is 4.55. The van der Waals surface area contributed by atoms with Crippen LogP contribution in [0, 0.1) is 0 Å². The van der Waals surface area contributed by atoms with Crippen molar-refractivity contribution in [1.82, 2.24) is 19.8 Å². The molecule has 2 N–H and O–H groups in total. The van der Waals surface area contributed by atoms with Crippen molar-refractivity contribution < 1.29 is 32.3 Å². The summed E-state index contributed by atoms with van der Waals surface area (Å²) in [7, 11) is 1.58. The summed E-state index contributed by atoms with van der Waals surface area (Å²) in [5.74, 6) is 2.35. The van der Waals surface area contributed by atoms with Crippen molar-refractivity contribution in [2.45, 2.75) is 33.1 Å². The van der Waals surface area contributed by atoms with E-state index in [1.807, 2.05) is 55.5 Å². The standard InChI is InChI=1S/C23H20N2O4.C22H20N2O5/c1-28-19-10-9-17-12-18(22(26)24-21(17)13-19)14-25(15-20-8-5-11-29-20)23(27)16-6-3-2-4-7-16;1-2-27-17-7-8-19-15(12-17)11-16(21(25)23-19)13-24(14-18-5-3-9-28-18)22(26)20-6-4-10-29-20/h2-13H,14-15H2,1H3,(H,24,26);3-12H,2,13-14H2,1H3,(H,23,25). The number of amides is 2. The minimum Gasteiger partial charge on any atom is -0.497 e. The molecule has 5 aromatic heterocycles. The Morgan fingerprint density at radius 2 is 1.19 bits per heavy atom. The van der Waals surface area contributed by atoms with Gasteiger partial charge in [-0.05, 0) is 103 Å². The number of nitrogens with one attached hydrogen (secondary N) is 2. The molecule has 0 fully saturated rings. The average molecular weight is 781 g/mol. The number of nitrogens with zero attached hydrogens (tertiary/aromatic N) is 2. The van der Waals surface area contributed by atoms with Gasteiger partial charge in [-0.15, -0.1) is 0 Å². The fourth-order valence-electron chi connectivity index (χ4n) is 6.38. The number of ether oxygens (including phenoxy) is 2. The fraction of sp³-hybridized carbons (Fsp3) is 0.156. The molecule has 0 aliphatic rings. The molecule has 0 spiro atoms. The first-order valence-electron chi connectivity index (χ1n) is 18.5. The number of methoxy groups -OCH3 is 1. The zero-order valence-corrected chi connectivity index (χ0v) is 31.8. The van der Waals surface area contributed by atoms with Gasteiger partial charge in [0.2, 0.25) is 0 Å². The van der Waals surface area contributed by atoms with Crippen LogP contribution in [0.3, 0.4) is 0 Å². The molecule has 0 unspecified atom stereocenters. The quantitative estimate of drug-likeness (QED) is 0.118. The van der Waals surface area contributed by atoms with Crippen LogP contribution in [-0.2, 0) is 26.2 Å². The van der Waals surface area contributed by atoms with Crippen molar-refractivity contribution in [2.24, 2.45) is 0 Å². The van der Waals surface area contributed by atoms with Crippen molar-refractivity contribution >= 4 is 33.6 Å². The molecule has 3 aromatic carbocycles. The van der Waals surface area contributed by atoms with Crippen LogP contribution in [0.25, 0.3) is 21.8 Å². The molecule has 8 rings (SSSR count). The third kappa shape index (κ3) is 9.28. The highest BCUT2D eigenvalue weighted by atomic mass is 16.5. The van der Waals surface area contributed by atoms with E-state index in [9.17, 15) is 19.2 Å². The second-order valence-corrected chi connectivity index (χ2v) is 13.2. The lowest BCUT2D eigenvalue weighted by Crippen LogP contribution is -2.32. The lowest BCUT2D eigenvalue weighted by atomic mass is 10.1. The van der Waals surface area contributed by atoms with E-state index in [0.717, 1.165) is 16.5 Å². The third-order valence-corrected chi connectivity index (χ3v) is 9.24. The van der Waals surface area contributed by atoms with E-state index < -0.39 is 0 Å². The van der Waals surface area contributed by atoms with Crippen LogP contribution < -0.4 is 20.6 Å². The van der Waals surface area contributed by atoms with Gasteiger partial charge in [-0.3, -0.25) is 19.2 Å². The van der Waals surface area contributed by atoms with E-state index in [0.29, 0.717) is 51.6 Å². The number of carbonyl (C=O) groups excluding carboxylic acids is 2. The van der Waals surface area contributed by atoms with E-state index in [2.05, 4.69) is 9.97 Å². The maximum atomic E-state index is 13.1. The zero-order chi connectivity index (χ0) is 40.4. The number of H-pyrrole nitrogens is 2. The van der Waals surface area contributed by atoms with Crippen LogP contribution in [0.2, 0.25) is 0 Å². The summed E-state index contributed by atoms with van der Waals surface area (Å²) in [6.45, 7) is 3.20. The number of fused-ring (bicyclic) bond motifs is 2. The molecular weight excluding hydrogens is 741 g/mol. The van der Waals surface area contributed by atoms with Gasteiger partial charge in [0, 0.05) is 33.7 Å². The van der Waals surface area contributed by atoms with Crippen LogP contribution >= 0.6 is 0 Å². The van der Waals surface area contributed by atoms with Gasteiger partial charge >= 0.3 is 0 Å². The topological polar surface area (TPSA) is 164 Å². The minimum atomic E-state index is -0.325. The molecule has 13 heteroatoms. The highest BCUT2D eigenvalue weighted by molar-refractivity contribution is 5.94. The summed E-state index contributed by atoms with van der Waals surface area (Å²) in [5, 5.41) is 1.69. The molecule has 2 amide bonds. The van der Waals surface area contributed by atoms with E-state index in [4.69, 9.17) is 22.7 Å². The van der Waals surface area contributed by atoms with Crippen LogP contribution in [-0.4, -0.2) is 45.3 Å². The largest absolute Gasteiger partial charge is 0.497 e. The molecule has 0 aliphatic carbocycles. The molecule has 0 aliphatic heterocycles. The lowest BCUT2D eigenvalue weighted by Gasteiger charge is -2.22. The van der Waals surface area contributed by atoms with Crippen LogP contribution in [0.4, 0.5) is 0 Å². The van der Waals surface area contributed by atoms with Crippen LogP contribution in [0.5, 0.6) is 11.5 Å². The van der Waals surface area contributed by atoms with Crippen LogP contribution in [0.15, 0.2) is 157 Å². The van der Waals surface area contributed by atoms with Gasteiger partial charge in [0.05, 0.1) is 64.2 Å². The first-order chi connectivity index (χ1) is 28.3. The van der Waals surface area contributed by atoms with Crippen molar-refractivity contribution in [3.05, 3.63) is 189 Å². The monoisotopic (exact) mass is 780 g/mol. The Bertz CT molecular complexity index is 2720. The highest BCUT2D eigenvalue weighted by Crippen LogP contribution is 2.22. The number of rotatable bonds is 13. The fourth-order valence-corrected chi connectivity index (χ4v) is 6.38. The Balaban J connectivity index is 0.000000177. The molecule has 5 heterocycles. The number of hydrogen-bond donors (Lipinski definition) is 2. The Hall–Kier alpha value is -7.54. The first-order valence-corrected chi connectivity index (χ1v) is 18.5. The van der Waals surface area contributed by atoms with Gasteiger partial charge in [-0.25, -0.2) is 0 Å². The molecular formula is C45H40N4O9. The zero-order valence-electron chi connectivity index (χ0n) is 31.8. The van der Waals surface area contributed by atoms with Gasteiger partial charge < -0.3 is 42.5 Å². The molecule has 0 saturated heterocycles. The Morgan fingerprint density at radius 3 is 1.79 bits per heavy atom. The van der Waals surface area contributed by atoms with Crippen LogP contribution in [0.1, 0.15) is 50.5 Å². The Morgan fingerprint density at radius 1 is 0.586 bits per heavy atom. The average Bonchev–Trinajstić information content (AvgIpc) is 4.07. The van der Waals surface area contributed by atoms with Gasteiger partial charge in [-0.1, -0.05) is 18.2 Å². The number of furan rings is 3. The second kappa shape index (κ2) is 17.9. The third-order valence-electron chi connectivity index (χ3n) is 9.24.